The lowest BCUT2D eigenvalue weighted by Gasteiger charge is -2.39. The van der Waals surface area contributed by atoms with Gasteiger partial charge < -0.3 is 24.4 Å². The van der Waals surface area contributed by atoms with Gasteiger partial charge in [0.25, 0.3) is 0 Å². The van der Waals surface area contributed by atoms with Gasteiger partial charge in [-0.1, -0.05) is 152 Å². The molecule has 9 heteroatoms. The molecule has 1 aliphatic rings. The molecule has 1 unspecified atom stereocenters. The maximum atomic E-state index is 14.9. The summed E-state index contributed by atoms with van der Waals surface area (Å²) < 4.78 is 18.8. The Labute approximate surface area is 347 Å². The number of rotatable bonds is 14. The van der Waals surface area contributed by atoms with Gasteiger partial charge in [-0.25, -0.2) is 9.59 Å². The van der Waals surface area contributed by atoms with E-state index in [1.54, 1.807) is 13.1 Å². The van der Waals surface area contributed by atoms with Crippen molar-refractivity contribution in [3.8, 4) is 11.1 Å². The average Bonchev–Trinajstić information content (AvgIpc) is 3.53. The second kappa shape index (κ2) is 18.0. The molecule has 5 aromatic carbocycles. The third kappa shape index (κ3) is 9.30. The average molecular weight is 801 g/mol. The Morgan fingerprint density at radius 3 is 1.90 bits per heavy atom. The van der Waals surface area contributed by atoms with Crippen LogP contribution in [0.25, 0.3) is 11.1 Å². The van der Waals surface area contributed by atoms with Crippen molar-refractivity contribution in [2.75, 3.05) is 20.3 Å². The first-order valence-corrected chi connectivity index (χ1v) is 20.2. The van der Waals surface area contributed by atoms with Gasteiger partial charge in [-0.15, -0.1) is 0 Å². The number of nitrogens with zero attached hydrogens (tertiary/aromatic N) is 1. The molecule has 0 aliphatic heterocycles. The topological polar surface area (TPSA) is 94.2 Å². The number of hydrogen-bond donors (Lipinski definition) is 1. The van der Waals surface area contributed by atoms with E-state index in [0.717, 1.165) is 27.8 Å². The van der Waals surface area contributed by atoms with Crippen LogP contribution in [0.15, 0.2) is 127 Å². The van der Waals surface area contributed by atoms with Gasteiger partial charge in [-0.2, -0.15) is 0 Å². The molecule has 0 saturated carbocycles. The highest BCUT2D eigenvalue weighted by molar-refractivity contribution is 6.31. The van der Waals surface area contributed by atoms with E-state index in [0.29, 0.717) is 21.7 Å². The van der Waals surface area contributed by atoms with Crippen LogP contribution in [0.3, 0.4) is 0 Å². The zero-order valence-corrected chi connectivity index (χ0v) is 35.1. The van der Waals surface area contributed by atoms with Gasteiger partial charge in [0, 0.05) is 34.7 Å². The van der Waals surface area contributed by atoms with Crippen molar-refractivity contribution in [2.24, 2.45) is 5.92 Å². The van der Waals surface area contributed by atoms with E-state index in [2.05, 4.69) is 17.4 Å². The van der Waals surface area contributed by atoms with Crippen molar-refractivity contribution in [1.29, 1.82) is 0 Å². The summed E-state index contributed by atoms with van der Waals surface area (Å²) in [6.07, 6.45) is -0.490. The zero-order valence-electron chi connectivity index (χ0n) is 34.3. The van der Waals surface area contributed by atoms with Crippen LogP contribution in [0.5, 0.6) is 0 Å². The first-order chi connectivity index (χ1) is 27.7. The molecule has 0 heterocycles. The SMILES string of the molecule is Cc1ccc(C(OC(=O)[C@H](CC(C)C)N(C)C(=O)[C@H](COC(C)(C)C)NC(=O)OCC2c3ccccc3-c3ccccc32)(c2ccccc2)c2ccccc2Cl)cc1. The van der Waals surface area contributed by atoms with E-state index < -0.39 is 41.3 Å². The molecular formula is C49H53ClN2O6. The minimum atomic E-state index is -1.47. The van der Waals surface area contributed by atoms with Crippen molar-refractivity contribution in [3.05, 3.63) is 166 Å². The first kappa shape index (κ1) is 42.2. The number of amides is 2. The fourth-order valence-corrected chi connectivity index (χ4v) is 7.89. The van der Waals surface area contributed by atoms with Gasteiger partial charge >= 0.3 is 12.1 Å². The number of ether oxygens (including phenoxy) is 3. The molecule has 2 amide bonds. The summed E-state index contributed by atoms with van der Waals surface area (Å²) in [5.41, 5.74) is 5.24. The summed E-state index contributed by atoms with van der Waals surface area (Å²) in [5, 5.41) is 3.19. The van der Waals surface area contributed by atoms with Crippen LogP contribution in [0.4, 0.5) is 4.79 Å². The number of aryl methyl sites for hydroxylation is 1. The number of carbonyl (C=O) groups is 3. The molecule has 0 spiro atoms. The normalized spacial score (nSPS) is 14.4. The molecule has 6 rings (SSSR count). The second-order valence-corrected chi connectivity index (χ2v) is 16.8. The number of alkyl carbamates (subject to hydrolysis) is 1. The van der Waals surface area contributed by atoms with E-state index in [1.807, 2.05) is 151 Å². The highest BCUT2D eigenvalue weighted by Crippen LogP contribution is 2.45. The monoisotopic (exact) mass is 800 g/mol. The third-order valence-corrected chi connectivity index (χ3v) is 10.9. The third-order valence-electron chi connectivity index (χ3n) is 10.5. The zero-order chi connectivity index (χ0) is 41.6. The molecule has 0 fully saturated rings. The lowest BCUT2D eigenvalue weighted by Crippen LogP contribution is -2.56. The Kier molecular flexibility index (Phi) is 13.1. The quantitative estimate of drug-likeness (QED) is 0.0888. The number of hydrogen-bond acceptors (Lipinski definition) is 6. The number of benzene rings is 5. The summed E-state index contributed by atoms with van der Waals surface area (Å²) in [4.78, 5) is 44.6. The van der Waals surface area contributed by atoms with Crippen LogP contribution in [-0.4, -0.2) is 60.8 Å². The molecule has 8 nitrogen and oxygen atoms in total. The lowest BCUT2D eigenvalue weighted by atomic mass is 9.79. The molecule has 1 N–H and O–H groups in total. The molecule has 0 saturated heterocycles. The number of nitrogens with one attached hydrogen (secondary N) is 1. The molecule has 5 aromatic rings. The van der Waals surface area contributed by atoms with Crippen LogP contribution in [0, 0.1) is 12.8 Å². The lowest BCUT2D eigenvalue weighted by molar-refractivity contribution is -0.164. The van der Waals surface area contributed by atoms with Crippen LogP contribution in [-0.2, 0) is 29.4 Å². The van der Waals surface area contributed by atoms with Gasteiger partial charge in [0.05, 0.1) is 12.2 Å². The number of halogens is 1. The summed E-state index contributed by atoms with van der Waals surface area (Å²) in [6, 6.07) is 38.5. The molecule has 0 bridgehead atoms. The molecular weight excluding hydrogens is 748 g/mol. The smallest absolute Gasteiger partial charge is 0.407 e. The largest absolute Gasteiger partial charge is 0.449 e. The van der Waals surface area contributed by atoms with Crippen molar-refractivity contribution >= 4 is 29.6 Å². The Morgan fingerprint density at radius 2 is 1.31 bits per heavy atom. The standard InChI is InChI=1S/C49H53ClN2O6/c1-32(2)29-44(46(54)58-49(34-17-9-8-10-18-34,35-27-25-33(3)26-28-35)41-23-15-16-24-42(41)50)52(7)45(53)43(31-57-48(4,5)6)51-47(55)56-30-40-38-21-13-11-19-36(38)37-20-12-14-22-39(37)40/h8-28,32,40,43-44H,29-31H2,1-7H3,(H,51,55)/t43-,44-,49?/m0/s1. The molecule has 0 radical (unpaired) electrons. The fourth-order valence-electron chi connectivity index (χ4n) is 7.63. The molecule has 1 aliphatic carbocycles. The molecule has 58 heavy (non-hydrogen) atoms. The van der Waals surface area contributed by atoms with E-state index in [4.69, 9.17) is 25.8 Å². The van der Waals surface area contributed by atoms with E-state index in [1.165, 1.54) is 4.90 Å². The summed E-state index contributed by atoms with van der Waals surface area (Å²) in [5.74, 6) is -1.34. The maximum absolute atomic E-state index is 14.9. The number of carbonyl (C=O) groups excluding carboxylic acids is 3. The minimum Gasteiger partial charge on any atom is -0.449 e. The Balaban J connectivity index is 1.30. The van der Waals surface area contributed by atoms with Crippen molar-refractivity contribution in [3.63, 3.8) is 0 Å². The van der Waals surface area contributed by atoms with E-state index in [-0.39, 0.29) is 31.5 Å². The maximum Gasteiger partial charge on any atom is 0.407 e. The number of esters is 1. The highest BCUT2D eigenvalue weighted by Gasteiger charge is 2.45. The molecule has 3 atom stereocenters. The Morgan fingerprint density at radius 1 is 0.759 bits per heavy atom. The number of likely N-dealkylation sites (N-methyl/N-ethyl adjacent to an activating group) is 1. The minimum absolute atomic E-state index is 0.0158. The number of fused-ring (bicyclic) bond motifs is 3. The Bertz CT molecular complexity index is 2170. The molecule has 0 aromatic heterocycles. The van der Waals surface area contributed by atoms with Crippen LogP contribution in [0.2, 0.25) is 5.02 Å². The summed E-state index contributed by atoms with van der Waals surface area (Å²) in [6.45, 7) is 11.5. The summed E-state index contributed by atoms with van der Waals surface area (Å²) in [7, 11) is 1.56. The first-order valence-electron chi connectivity index (χ1n) is 19.8. The Hall–Kier alpha value is -5.44. The predicted octanol–water partition coefficient (Wildman–Crippen LogP) is 10.1. The summed E-state index contributed by atoms with van der Waals surface area (Å²) >= 11 is 6.96. The van der Waals surface area contributed by atoms with Crippen molar-refractivity contribution in [1.82, 2.24) is 10.2 Å². The van der Waals surface area contributed by atoms with Crippen molar-refractivity contribution in [2.45, 2.75) is 77.2 Å². The van der Waals surface area contributed by atoms with Gasteiger partial charge in [0.1, 0.15) is 18.7 Å². The van der Waals surface area contributed by atoms with Gasteiger partial charge in [-0.05, 0) is 68.4 Å². The van der Waals surface area contributed by atoms with Gasteiger partial charge in [0.15, 0.2) is 5.60 Å². The van der Waals surface area contributed by atoms with Crippen LogP contribution in [0.1, 0.15) is 80.3 Å². The highest BCUT2D eigenvalue weighted by atomic mass is 35.5. The van der Waals surface area contributed by atoms with Gasteiger partial charge in [-0.3, -0.25) is 4.79 Å². The van der Waals surface area contributed by atoms with Gasteiger partial charge in [0.2, 0.25) is 5.91 Å². The van der Waals surface area contributed by atoms with E-state index >= 15 is 0 Å². The predicted molar refractivity (Wildman–Crippen MR) is 229 cm³/mol. The van der Waals surface area contributed by atoms with E-state index in [9.17, 15) is 14.4 Å². The van der Waals surface area contributed by atoms with Crippen molar-refractivity contribution < 1.29 is 28.6 Å². The fraction of sp³-hybridized carbons (Fsp3) is 0.327. The van der Waals surface area contributed by atoms with Crippen LogP contribution >= 0.6 is 11.6 Å². The van der Waals surface area contributed by atoms with Crippen LogP contribution < -0.4 is 5.32 Å². The molecule has 302 valence electrons. The second-order valence-electron chi connectivity index (χ2n) is 16.4.